The molecule has 0 bridgehead atoms. The van der Waals surface area contributed by atoms with Gasteiger partial charge in [-0.1, -0.05) is 43.9 Å². The molecule has 1 amide bonds. The molecule has 0 spiro atoms. The van der Waals surface area contributed by atoms with E-state index in [2.05, 4.69) is 15.5 Å². The molecule has 27 heavy (non-hydrogen) atoms. The van der Waals surface area contributed by atoms with Gasteiger partial charge < -0.3 is 14.5 Å². The van der Waals surface area contributed by atoms with Crippen LogP contribution in [0, 0.1) is 5.92 Å². The predicted octanol–water partition coefficient (Wildman–Crippen LogP) is 3.47. The van der Waals surface area contributed by atoms with E-state index in [-0.39, 0.29) is 24.0 Å². The molecule has 0 unspecified atom stereocenters. The predicted molar refractivity (Wildman–Crippen MR) is 103 cm³/mol. The summed E-state index contributed by atoms with van der Waals surface area (Å²) in [7, 11) is 0. The van der Waals surface area contributed by atoms with E-state index in [1.54, 1.807) is 6.92 Å². The highest BCUT2D eigenvalue weighted by Gasteiger charge is 2.16. The van der Waals surface area contributed by atoms with Crippen LogP contribution < -0.4 is 15.5 Å². The first-order valence-electron chi connectivity index (χ1n) is 8.56. The Morgan fingerprint density at radius 1 is 1.30 bits per heavy atom. The molecule has 2 aromatic rings. The third-order valence-corrected chi connectivity index (χ3v) is 5.69. The quantitative estimate of drug-likeness (QED) is 0.379. The minimum atomic E-state index is -0.499. The lowest BCUT2D eigenvalue weighted by Gasteiger charge is -2.09. The Morgan fingerprint density at radius 3 is 2.67 bits per heavy atom. The first-order chi connectivity index (χ1) is 13.0. The lowest BCUT2D eigenvalue weighted by Crippen LogP contribution is -2.21. The van der Waals surface area contributed by atoms with Crippen LogP contribution in [0.1, 0.15) is 45.8 Å². The van der Waals surface area contributed by atoms with Crippen LogP contribution in [0.15, 0.2) is 25.9 Å². The second-order valence-corrected chi connectivity index (χ2v) is 7.77. The van der Waals surface area contributed by atoms with E-state index in [9.17, 15) is 14.4 Å². The second kappa shape index (κ2) is 10.2. The number of nitrogens with zero attached hydrogens (tertiary/aromatic N) is 2. The van der Waals surface area contributed by atoms with E-state index in [1.807, 2.05) is 13.8 Å². The largest absolute Gasteiger partial charge is 0.464 e. The van der Waals surface area contributed by atoms with Crippen molar-refractivity contribution in [3.05, 3.63) is 28.3 Å². The van der Waals surface area contributed by atoms with Crippen LogP contribution in [0.3, 0.4) is 0 Å². The van der Waals surface area contributed by atoms with Gasteiger partial charge in [-0.3, -0.25) is 14.4 Å². The van der Waals surface area contributed by atoms with E-state index < -0.39 is 11.4 Å². The number of hydrogen-bond donors (Lipinski definition) is 1. The molecule has 0 aliphatic rings. The van der Waals surface area contributed by atoms with Gasteiger partial charge >= 0.3 is 5.97 Å². The Kier molecular flexibility index (Phi) is 7.99. The highest BCUT2D eigenvalue weighted by Crippen LogP contribution is 2.28. The summed E-state index contributed by atoms with van der Waals surface area (Å²) >= 11 is 2.58. The van der Waals surface area contributed by atoms with Gasteiger partial charge in [0.2, 0.25) is 22.2 Å². The van der Waals surface area contributed by atoms with Crippen LogP contribution in [-0.2, 0) is 15.3 Å². The van der Waals surface area contributed by atoms with Crippen molar-refractivity contribution in [3.8, 4) is 5.75 Å². The third kappa shape index (κ3) is 6.17. The van der Waals surface area contributed by atoms with Crippen LogP contribution in [0.4, 0.5) is 5.13 Å². The van der Waals surface area contributed by atoms with Crippen molar-refractivity contribution in [2.24, 2.45) is 5.92 Å². The second-order valence-electron chi connectivity index (χ2n) is 5.57. The zero-order valence-corrected chi connectivity index (χ0v) is 16.9. The molecule has 0 aromatic carbocycles. The van der Waals surface area contributed by atoms with Crippen LogP contribution >= 0.6 is 23.1 Å². The summed E-state index contributed by atoms with van der Waals surface area (Å²) in [5, 5.41) is 11.2. The zero-order chi connectivity index (χ0) is 19.8. The van der Waals surface area contributed by atoms with Gasteiger partial charge in [-0.2, -0.15) is 0 Å². The van der Waals surface area contributed by atoms with Gasteiger partial charge in [0.05, 0.1) is 5.75 Å². The molecule has 146 valence electrons. The Hall–Kier alpha value is -2.20. The molecule has 2 rings (SSSR count). The molecule has 1 N–H and O–H groups in total. The summed E-state index contributed by atoms with van der Waals surface area (Å²) in [5.74, 6) is 0.0422. The average Bonchev–Trinajstić information content (AvgIpc) is 3.10. The van der Waals surface area contributed by atoms with E-state index in [0.717, 1.165) is 19.1 Å². The Labute approximate surface area is 164 Å². The highest BCUT2D eigenvalue weighted by atomic mass is 32.2. The molecular weight excluding hydrogens is 390 g/mol. The van der Waals surface area contributed by atoms with Crippen molar-refractivity contribution in [1.29, 1.82) is 0 Å². The van der Waals surface area contributed by atoms with Crippen molar-refractivity contribution in [3.63, 3.8) is 0 Å². The molecule has 2 heterocycles. The number of amides is 1. The first kappa shape index (κ1) is 21.1. The summed E-state index contributed by atoms with van der Waals surface area (Å²) in [6.07, 6.45) is 2.84. The maximum Gasteiger partial charge on any atom is 0.311 e. The minimum Gasteiger partial charge on any atom is -0.464 e. The molecule has 0 fully saturated rings. The molecule has 0 atom stereocenters. The zero-order valence-electron chi connectivity index (χ0n) is 15.3. The maximum absolute atomic E-state index is 12.1. The number of carbonyl (C=O) groups is 2. The lowest BCUT2D eigenvalue weighted by atomic mass is 10.0. The number of thioether (sulfide) groups is 1. The first-order valence-corrected chi connectivity index (χ1v) is 10.4. The van der Waals surface area contributed by atoms with E-state index >= 15 is 0 Å². The molecule has 8 nitrogen and oxygen atoms in total. The average molecular weight is 412 g/mol. The molecule has 0 aliphatic carbocycles. The SMILES string of the molecule is CCC(=O)Oc1coc(CSc2nnc(NC(=O)C(CC)CC)s2)cc1=O. The lowest BCUT2D eigenvalue weighted by molar-refractivity contribution is -0.134. The van der Waals surface area contributed by atoms with Crippen molar-refractivity contribution in [2.75, 3.05) is 5.32 Å². The number of nitrogens with one attached hydrogen (secondary N) is 1. The molecular formula is C17H21N3O5S2. The Morgan fingerprint density at radius 2 is 2.04 bits per heavy atom. The smallest absolute Gasteiger partial charge is 0.311 e. The van der Waals surface area contributed by atoms with Crippen molar-refractivity contribution in [1.82, 2.24) is 10.2 Å². The molecule has 2 aromatic heterocycles. The number of anilines is 1. The summed E-state index contributed by atoms with van der Waals surface area (Å²) in [4.78, 5) is 35.2. The fraction of sp³-hybridized carbons (Fsp3) is 0.471. The monoisotopic (exact) mass is 411 g/mol. The van der Waals surface area contributed by atoms with Gasteiger partial charge in [0, 0.05) is 18.4 Å². The molecule has 0 aliphatic heterocycles. The normalized spacial score (nSPS) is 10.8. The number of carbonyl (C=O) groups excluding carboxylic acids is 2. The highest BCUT2D eigenvalue weighted by molar-refractivity contribution is 8.00. The summed E-state index contributed by atoms with van der Waals surface area (Å²) < 4.78 is 10.8. The minimum absolute atomic E-state index is 0.0420. The van der Waals surface area contributed by atoms with Crippen molar-refractivity contribution < 1.29 is 18.7 Å². The molecule has 0 saturated carbocycles. The standard InChI is InChI=1S/C17H21N3O5S2/c1-4-10(5-2)15(23)18-16-19-20-17(27-16)26-9-11-7-12(21)13(8-24-11)25-14(22)6-3/h7-8,10H,4-6,9H2,1-3H3,(H,18,19,23). The maximum atomic E-state index is 12.1. The van der Waals surface area contributed by atoms with Gasteiger partial charge in [-0.25, -0.2) is 0 Å². The number of esters is 1. The number of rotatable bonds is 9. The fourth-order valence-electron chi connectivity index (χ4n) is 2.10. The van der Waals surface area contributed by atoms with E-state index in [4.69, 9.17) is 9.15 Å². The number of aromatic nitrogens is 2. The van der Waals surface area contributed by atoms with E-state index in [1.165, 1.54) is 29.2 Å². The summed E-state index contributed by atoms with van der Waals surface area (Å²) in [5.41, 5.74) is -0.422. The Balaban J connectivity index is 1.93. The number of ether oxygens (including phenoxy) is 1. The summed E-state index contributed by atoms with van der Waals surface area (Å²) in [6.45, 7) is 5.58. The topological polar surface area (TPSA) is 111 Å². The fourth-order valence-corrected chi connectivity index (χ4v) is 3.75. The van der Waals surface area contributed by atoms with Crippen molar-refractivity contribution in [2.45, 2.75) is 50.1 Å². The third-order valence-electron chi connectivity index (χ3n) is 3.70. The van der Waals surface area contributed by atoms with E-state index in [0.29, 0.717) is 21.0 Å². The van der Waals surface area contributed by atoms with Crippen LogP contribution in [-0.4, -0.2) is 22.1 Å². The van der Waals surface area contributed by atoms with Gasteiger partial charge in [0.15, 0.2) is 4.34 Å². The van der Waals surface area contributed by atoms with Crippen LogP contribution in [0.25, 0.3) is 0 Å². The van der Waals surface area contributed by atoms with Gasteiger partial charge in [0.25, 0.3) is 0 Å². The van der Waals surface area contributed by atoms with Crippen molar-refractivity contribution >= 4 is 40.1 Å². The molecule has 0 radical (unpaired) electrons. The number of hydrogen-bond acceptors (Lipinski definition) is 9. The van der Waals surface area contributed by atoms with Crippen LogP contribution in [0.2, 0.25) is 0 Å². The Bertz CT molecular complexity index is 845. The molecule has 0 saturated heterocycles. The van der Waals surface area contributed by atoms with Gasteiger partial charge in [0.1, 0.15) is 12.0 Å². The molecule has 10 heteroatoms. The summed E-state index contributed by atoms with van der Waals surface area (Å²) in [6, 6.07) is 1.28. The van der Waals surface area contributed by atoms with Gasteiger partial charge in [-0.15, -0.1) is 10.2 Å². The van der Waals surface area contributed by atoms with Gasteiger partial charge in [-0.05, 0) is 12.8 Å². The van der Waals surface area contributed by atoms with Crippen LogP contribution in [0.5, 0.6) is 5.75 Å².